The monoisotopic (exact) mass is 651 g/mol. The van der Waals surface area contributed by atoms with E-state index in [4.69, 9.17) is 4.74 Å². The molecule has 0 aliphatic carbocycles. The first-order valence-electron chi connectivity index (χ1n) is 16.6. The van der Waals surface area contributed by atoms with Gasteiger partial charge in [-0.2, -0.15) is 0 Å². The number of carbonyl (C=O) groups excluding carboxylic acids is 4. The van der Waals surface area contributed by atoms with E-state index in [1.54, 1.807) is 20.8 Å². The van der Waals surface area contributed by atoms with Gasteiger partial charge < -0.3 is 25.8 Å². The molecule has 2 aromatic carbocycles. The van der Waals surface area contributed by atoms with Crippen molar-refractivity contribution in [2.75, 3.05) is 6.54 Å². The van der Waals surface area contributed by atoms with Crippen molar-refractivity contribution >= 4 is 29.7 Å². The van der Waals surface area contributed by atoms with Crippen molar-refractivity contribution in [2.45, 2.75) is 104 Å². The summed E-state index contributed by atoms with van der Waals surface area (Å²) in [4.78, 5) is 64.4. The van der Waals surface area contributed by atoms with E-state index < -0.39 is 41.6 Å². The van der Waals surface area contributed by atoms with Crippen LogP contribution >= 0.6 is 0 Å². The van der Waals surface area contributed by atoms with Gasteiger partial charge in [-0.15, -0.1) is 0 Å². The third kappa shape index (κ3) is 15.8. The second-order valence-electron chi connectivity index (χ2n) is 13.7. The minimum Gasteiger partial charge on any atom is -0.480 e. The number of ether oxygens (including phenoxy) is 1. The number of nitrogens with one attached hydrogen (secondary N) is 3. The van der Waals surface area contributed by atoms with Gasteiger partial charge in [0.05, 0.1) is 6.04 Å². The Hall–Kier alpha value is -4.21. The van der Waals surface area contributed by atoms with Crippen LogP contribution in [0.15, 0.2) is 60.7 Å². The topological polar surface area (TPSA) is 151 Å². The lowest BCUT2D eigenvalue weighted by molar-refractivity contribution is -0.143. The van der Waals surface area contributed by atoms with Crippen LogP contribution in [0.3, 0.4) is 0 Å². The van der Waals surface area contributed by atoms with E-state index in [9.17, 15) is 29.1 Å². The van der Waals surface area contributed by atoms with Gasteiger partial charge in [0.25, 0.3) is 0 Å². The molecule has 258 valence electrons. The second-order valence-corrected chi connectivity index (χ2v) is 13.7. The van der Waals surface area contributed by atoms with Crippen molar-refractivity contribution in [1.29, 1.82) is 0 Å². The number of alkyl carbamates (subject to hydrolysis) is 1. The van der Waals surface area contributed by atoms with Crippen LogP contribution in [0.5, 0.6) is 0 Å². The van der Waals surface area contributed by atoms with Gasteiger partial charge in [0.1, 0.15) is 11.6 Å². The Morgan fingerprint density at radius 1 is 0.766 bits per heavy atom. The maximum Gasteiger partial charge on any atom is 0.407 e. The minimum absolute atomic E-state index is 0.0637. The third-order valence-corrected chi connectivity index (χ3v) is 7.60. The molecule has 0 fully saturated rings. The summed E-state index contributed by atoms with van der Waals surface area (Å²) < 4.78 is 5.20. The number of hydrogen-bond donors (Lipinski definition) is 4. The molecule has 0 radical (unpaired) electrons. The molecule has 0 spiro atoms. The van der Waals surface area contributed by atoms with Gasteiger partial charge in [-0.05, 0) is 76.3 Å². The highest BCUT2D eigenvalue weighted by atomic mass is 16.6. The zero-order valence-electron chi connectivity index (χ0n) is 28.7. The summed E-state index contributed by atoms with van der Waals surface area (Å²) in [6.07, 6.45) is 1.57. The summed E-state index contributed by atoms with van der Waals surface area (Å²) in [5, 5.41) is 18.1. The van der Waals surface area contributed by atoms with Crippen LogP contribution in [0.4, 0.5) is 4.79 Å². The summed E-state index contributed by atoms with van der Waals surface area (Å²) in [6, 6.07) is 17.0. The number of benzene rings is 2. The minimum atomic E-state index is -1.17. The lowest BCUT2D eigenvalue weighted by atomic mass is 9.88. The number of carboxylic acid groups (broad SMARTS) is 1. The lowest BCUT2D eigenvalue weighted by Crippen LogP contribution is -2.48. The number of carbonyl (C=O) groups is 5. The Kier molecular flexibility index (Phi) is 16.1. The van der Waals surface area contributed by atoms with Gasteiger partial charge in [-0.25, -0.2) is 9.59 Å². The van der Waals surface area contributed by atoms with Crippen LogP contribution < -0.4 is 16.0 Å². The van der Waals surface area contributed by atoms with Crippen molar-refractivity contribution < 1.29 is 33.8 Å². The number of rotatable bonds is 19. The average molecular weight is 652 g/mol. The van der Waals surface area contributed by atoms with Crippen LogP contribution in [-0.4, -0.2) is 59.0 Å². The molecule has 47 heavy (non-hydrogen) atoms. The largest absolute Gasteiger partial charge is 0.480 e. The molecule has 0 aliphatic heterocycles. The zero-order chi connectivity index (χ0) is 35.0. The van der Waals surface area contributed by atoms with Crippen LogP contribution in [0.1, 0.15) is 84.8 Å². The maximum absolute atomic E-state index is 13.8. The van der Waals surface area contributed by atoms with E-state index in [2.05, 4.69) is 16.0 Å². The van der Waals surface area contributed by atoms with Gasteiger partial charge in [0.2, 0.25) is 11.8 Å². The Morgan fingerprint density at radius 2 is 1.32 bits per heavy atom. The van der Waals surface area contributed by atoms with Crippen molar-refractivity contribution in [3.63, 3.8) is 0 Å². The molecule has 0 bridgehead atoms. The highest BCUT2D eigenvalue weighted by molar-refractivity contribution is 5.94. The summed E-state index contributed by atoms with van der Waals surface area (Å²) in [5.41, 5.74) is 1.27. The summed E-state index contributed by atoms with van der Waals surface area (Å²) in [5.74, 6) is -3.30. The molecule has 4 N–H and O–H groups in total. The van der Waals surface area contributed by atoms with Crippen molar-refractivity contribution in [3.05, 3.63) is 71.8 Å². The van der Waals surface area contributed by atoms with Crippen LogP contribution in [0.2, 0.25) is 0 Å². The number of amides is 3. The van der Waals surface area contributed by atoms with E-state index in [-0.39, 0.29) is 42.8 Å². The van der Waals surface area contributed by atoms with E-state index >= 15 is 0 Å². The van der Waals surface area contributed by atoms with Gasteiger partial charge in [0, 0.05) is 24.8 Å². The average Bonchev–Trinajstić information content (AvgIpc) is 2.99. The normalized spacial score (nSPS) is 13.9. The fourth-order valence-corrected chi connectivity index (χ4v) is 5.23. The fraction of sp³-hybridized carbons (Fsp3) is 0.541. The van der Waals surface area contributed by atoms with E-state index in [1.165, 1.54) is 0 Å². The van der Waals surface area contributed by atoms with E-state index in [0.717, 1.165) is 11.1 Å². The molecule has 10 nitrogen and oxygen atoms in total. The van der Waals surface area contributed by atoms with Gasteiger partial charge in [-0.1, -0.05) is 81.4 Å². The smallest absolute Gasteiger partial charge is 0.407 e. The second kappa shape index (κ2) is 19.5. The number of ketones is 1. The Morgan fingerprint density at radius 3 is 1.85 bits per heavy atom. The van der Waals surface area contributed by atoms with Crippen LogP contribution in [-0.2, 0) is 36.8 Å². The van der Waals surface area contributed by atoms with Gasteiger partial charge in [-0.3, -0.25) is 14.4 Å². The molecular weight excluding hydrogens is 598 g/mol. The maximum atomic E-state index is 13.8. The Labute approximate surface area is 279 Å². The molecule has 3 amide bonds. The van der Waals surface area contributed by atoms with E-state index in [1.807, 2.05) is 81.4 Å². The quantitative estimate of drug-likeness (QED) is 0.147. The van der Waals surface area contributed by atoms with Crippen molar-refractivity contribution in [2.24, 2.45) is 17.8 Å². The van der Waals surface area contributed by atoms with Crippen LogP contribution in [0, 0.1) is 17.8 Å². The summed E-state index contributed by atoms with van der Waals surface area (Å²) in [7, 11) is 0. The third-order valence-electron chi connectivity index (χ3n) is 7.60. The van der Waals surface area contributed by atoms with Crippen molar-refractivity contribution in [1.82, 2.24) is 16.0 Å². The molecule has 10 heteroatoms. The summed E-state index contributed by atoms with van der Waals surface area (Å²) in [6.45, 7) is 11.3. The standard InChI is InChI=1S/C37H53N3O7/c1-25(2)21-29(34(43)39-30(35(44)45)19-13-14-20-38-36(46)47-37(4,5)6)24-32(41)31(23-28-17-11-8-12-18-28)40-33(42)26(3)22-27-15-9-7-10-16-27/h7-12,15-18,25-26,29-31H,13-14,19-24H2,1-6H3,(H,38,46)(H,39,43)(H,40,42)(H,44,45)/t26-,29+,30-,31-/m1/s1. The first kappa shape index (κ1) is 39.0. The number of aliphatic carboxylic acids is 1. The molecule has 0 heterocycles. The molecule has 0 saturated heterocycles. The van der Waals surface area contributed by atoms with Crippen molar-refractivity contribution in [3.8, 4) is 0 Å². The Balaban J connectivity index is 2.08. The lowest BCUT2D eigenvalue weighted by Gasteiger charge is -2.25. The molecule has 4 atom stereocenters. The molecule has 0 unspecified atom stereocenters. The Bertz CT molecular complexity index is 1290. The molecule has 0 aliphatic rings. The first-order chi connectivity index (χ1) is 22.1. The summed E-state index contributed by atoms with van der Waals surface area (Å²) >= 11 is 0. The molecule has 0 aromatic heterocycles. The zero-order valence-corrected chi connectivity index (χ0v) is 28.7. The predicted molar refractivity (Wildman–Crippen MR) is 182 cm³/mol. The van der Waals surface area contributed by atoms with Gasteiger partial charge >= 0.3 is 12.1 Å². The number of carboxylic acids is 1. The van der Waals surface area contributed by atoms with Crippen LogP contribution in [0.25, 0.3) is 0 Å². The molecule has 2 aromatic rings. The fourth-order valence-electron chi connectivity index (χ4n) is 5.23. The number of Topliss-reactive ketones (excluding diaryl/α,β-unsaturated/α-hetero) is 1. The van der Waals surface area contributed by atoms with Gasteiger partial charge in [0.15, 0.2) is 5.78 Å². The first-order valence-corrected chi connectivity index (χ1v) is 16.6. The highest BCUT2D eigenvalue weighted by Crippen LogP contribution is 2.20. The number of unbranched alkanes of at least 4 members (excludes halogenated alkanes) is 1. The SMILES string of the molecule is CC(C)C[C@@H](CC(=O)[C@@H](Cc1ccccc1)NC(=O)[C@H](C)Cc1ccccc1)C(=O)N[C@H](CCCCNC(=O)OC(C)(C)C)C(=O)O. The predicted octanol–water partition coefficient (Wildman–Crippen LogP) is 5.48. The molecule has 0 saturated carbocycles. The molecular formula is C37H53N3O7. The highest BCUT2D eigenvalue weighted by Gasteiger charge is 2.31. The molecule has 2 rings (SSSR count). The van der Waals surface area contributed by atoms with E-state index in [0.29, 0.717) is 32.2 Å². The number of hydrogen-bond acceptors (Lipinski definition) is 6.